The Kier molecular flexibility index (Phi) is 10.4. The molecule has 0 aliphatic carbocycles. The van der Waals surface area contributed by atoms with Gasteiger partial charge in [-0.3, -0.25) is 4.79 Å². The maximum absolute atomic E-state index is 10.2. The molecule has 2 aromatic rings. The van der Waals surface area contributed by atoms with E-state index >= 15 is 0 Å². The molecule has 2 rings (SSSR count). The lowest BCUT2D eigenvalue weighted by Gasteiger charge is -1.94. The summed E-state index contributed by atoms with van der Waals surface area (Å²) in [7, 11) is 1.50. The molecule has 0 atom stereocenters. The van der Waals surface area contributed by atoms with Gasteiger partial charge in [0.15, 0.2) is 0 Å². The third kappa shape index (κ3) is 7.10. The van der Waals surface area contributed by atoms with Crippen LogP contribution in [0.4, 0.5) is 0 Å². The smallest absolute Gasteiger partial charge is 0.150 e. The van der Waals surface area contributed by atoms with Gasteiger partial charge in [0.1, 0.15) is 6.29 Å². The lowest BCUT2D eigenvalue weighted by Crippen LogP contribution is -1.78. The van der Waals surface area contributed by atoms with E-state index in [9.17, 15) is 4.79 Å². The minimum atomic E-state index is 0.652. The van der Waals surface area contributed by atoms with Crippen molar-refractivity contribution in [3.8, 4) is 24.7 Å². The molecule has 0 bridgehead atoms. The molecule has 0 amide bonds. The van der Waals surface area contributed by atoms with E-state index in [0.717, 1.165) is 23.8 Å². The normalized spacial score (nSPS) is 8.05. The minimum Gasteiger partial charge on any atom is -0.333 e. The highest BCUT2D eigenvalue weighted by molar-refractivity contribution is 5.74. The molecule has 0 saturated carbocycles. The molecule has 2 aromatic carbocycles. The largest absolute Gasteiger partial charge is 0.333 e. The molecule has 0 aromatic heterocycles. The zero-order chi connectivity index (χ0) is 16.8. The number of nitrogens with two attached hydrogens (primary N) is 1. The lowest BCUT2D eigenvalue weighted by atomic mass is 10.1. The highest BCUT2D eigenvalue weighted by Gasteiger charge is 1.87. The first-order valence-corrected chi connectivity index (χ1v) is 6.88. The molecule has 0 unspecified atom stereocenters. The fourth-order valence-corrected chi connectivity index (χ4v) is 1.49. The van der Waals surface area contributed by atoms with Crippen LogP contribution in [0.5, 0.6) is 0 Å². The third-order valence-corrected chi connectivity index (χ3v) is 2.74. The van der Waals surface area contributed by atoms with Crippen molar-refractivity contribution in [2.24, 2.45) is 5.73 Å². The number of terminal acetylenes is 2. The Morgan fingerprint density at radius 2 is 1.32 bits per heavy atom. The summed E-state index contributed by atoms with van der Waals surface area (Å²) < 4.78 is 0. The van der Waals surface area contributed by atoms with Crippen molar-refractivity contribution >= 4 is 6.29 Å². The van der Waals surface area contributed by atoms with Crippen LogP contribution in [0.3, 0.4) is 0 Å². The minimum absolute atomic E-state index is 0.652. The Labute approximate surface area is 133 Å². The van der Waals surface area contributed by atoms with Gasteiger partial charge in [-0.2, -0.15) is 0 Å². The van der Waals surface area contributed by atoms with Crippen molar-refractivity contribution in [2.75, 3.05) is 7.05 Å². The second-order valence-electron chi connectivity index (χ2n) is 4.08. The average Bonchev–Trinajstić information content (AvgIpc) is 2.64. The van der Waals surface area contributed by atoms with Crippen LogP contribution in [0.25, 0.3) is 0 Å². The van der Waals surface area contributed by atoms with Crippen molar-refractivity contribution in [3.63, 3.8) is 0 Å². The average molecular weight is 291 g/mol. The van der Waals surface area contributed by atoms with Crippen molar-refractivity contribution < 1.29 is 4.79 Å². The molecular weight excluding hydrogens is 270 g/mol. The molecule has 112 valence electrons. The molecule has 0 heterocycles. The van der Waals surface area contributed by atoms with Crippen molar-refractivity contribution in [1.29, 1.82) is 0 Å². The Balaban J connectivity index is 0.000000360. The van der Waals surface area contributed by atoms with E-state index in [1.54, 1.807) is 24.3 Å². The monoisotopic (exact) mass is 291 g/mol. The fourth-order valence-electron chi connectivity index (χ4n) is 1.49. The van der Waals surface area contributed by atoms with Gasteiger partial charge in [0.25, 0.3) is 0 Å². The van der Waals surface area contributed by atoms with Crippen LogP contribution in [0.2, 0.25) is 0 Å². The van der Waals surface area contributed by atoms with Crippen LogP contribution in [-0.2, 0) is 6.42 Å². The topological polar surface area (TPSA) is 43.1 Å². The Morgan fingerprint density at radius 1 is 0.909 bits per heavy atom. The Bertz CT molecular complexity index is 625. The summed E-state index contributed by atoms with van der Waals surface area (Å²) in [6.45, 7) is 2.13. The quantitative estimate of drug-likeness (QED) is 0.681. The molecule has 2 N–H and O–H groups in total. The number of carbonyl (C=O) groups excluding carboxylic acids is 1. The van der Waals surface area contributed by atoms with Crippen LogP contribution in [-0.4, -0.2) is 13.3 Å². The number of hydrogen-bond donors (Lipinski definition) is 1. The standard InChI is InChI=1S/C10H10.C9H6O.CH5N/c1-3-9-5-7-10(4-2)8-6-9;1-2-8-3-5-9(7-10)6-4-8;1-2/h1,5-8H,4H2,2H3;1,3-7H;2H2,1H3. The lowest BCUT2D eigenvalue weighted by molar-refractivity contribution is 0.112. The van der Waals surface area contributed by atoms with Gasteiger partial charge in [-0.25, -0.2) is 0 Å². The molecule has 2 nitrogen and oxygen atoms in total. The zero-order valence-electron chi connectivity index (χ0n) is 13.0. The molecule has 0 saturated heterocycles. The first-order valence-electron chi connectivity index (χ1n) is 6.88. The first-order chi connectivity index (χ1) is 10.7. The molecule has 0 spiro atoms. The van der Waals surface area contributed by atoms with E-state index in [1.807, 2.05) is 12.1 Å². The van der Waals surface area contributed by atoms with E-state index in [1.165, 1.54) is 12.6 Å². The van der Waals surface area contributed by atoms with Gasteiger partial charge < -0.3 is 5.73 Å². The number of carbonyl (C=O) groups is 1. The Hall–Kier alpha value is -2.81. The van der Waals surface area contributed by atoms with Gasteiger partial charge in [-0.05, 0) is 43.3 Å². The fraction of sp³-hybridized carbons (Fsp3) is 0.150. The third-order valence-electron chi connectivity index (χ3n) is 2.74. The number of aldehydes is 1. The van der Waals surface area contributed by atoms with E-state index < -0.39 is 0 Å². The van der Waals surface area contributed by atoms with Crippen LogP contribution < -0.4 is 5.73 Å². The Morgan fingerprint density at radius 3 is 1.64 bits per heavy atom. The first kappa shape index (κ1) is 19.2. The predicted octanol–water partition coefficient (Wildman–Crippen LogP) is 3.29. The van der Waals surface area contributed by atoms with E-state index in [2.05, 4.69) is 36.6 Å². The zero-order valence-corrected chi connectivity index (χ0v) is 13.0. The van der Waals surface area contributed by atoms with Crippen LogP contribution in [0.1, 0.15) is 34.0 Å². The second-order valence-corrected chi connectivity index (χ2v) is 4.08. The van der Waals surface area contributed by atoms with Crippen molar-refractivity contribution in [2.45, 2.75) is 13.3 Å². The van der Waals surface area contributed by atoms with Gasteiger partial charge in [-0.15, -0.1) is 12.8 Å². The number of aryl methyl sites for hydroxylation is 1. The number of hydrogen-bond acceptors (Lipinski definition) is 2. The predicted molar refractivity (Wildman–Crippen MR) is 93.6 cm³/mol. The molecule has 0 fully saturated rings. The summed E-state index contributed by atoms with van der Waals surface area (Å²) in [5.41, 5.74) is 8.24. The van der Waals surface area contributed by atoms with Gasteiger partial charge in [0.2, 0.25) is 0 Å². The summed E-state index contributed by atoms with van der Waals surface area (Å²) in [5, 5.41) is 0. The molecule has 0 radical (unpaired) electrons. The number of rotatable bonds is 2. The molecular formula is C20H21NO. The van der Waals surface area contributed by atoms with Gasteiger partial charge in [-0.1, -0.05) is 43.0 Å². The van der Waals surface area contributed by atoms with Crippen molar-refractivity contribution in [3.05, 3.63) is 70.8 Å². The van der Waals surface area contributed by atoms with Crippen LogP contribution in [0, 0.1) is 24.7 Å². The number of benzene rings is 2. The van der Waals surface area contributed by atoms with Gasteiger partial charge in [0.05, 0.1) is 0 Å². The SMILES string of the molecule is C#Cc1ccc(C=O)cc1.C#Cc1ccc(CC)cc1.CN. The highest BCUT2D eigenvalue weighted by atomic mass is 16.1. The van der Waals surface area contributed by atoms with Gasteiger partial charge in [0, 0.05) is 16.7 Å². The van der Waals surface area contributed by atoms with Crippen molar-refractivity contribution in [1.82, 2.24) is 0 Å². The summed E-state index contributed by atoms with van der Waals surface area (Å²) in [6.07, 6.45) is 12.2. The molecule has 0 aliphatic rings. The molecule has 2 heteroatoms. The van der Waals surface area contributed by atoms with Crippen LogP contribution in [0.15, 0.2) is 48.5 Å². The van der Waals surface area contributed by atoms with E-state index in [4.69, 9.17) is 12.8 Å². The maximum atomic E-state index is 10.2. The summed E-state index contributed by atoms with van der Waals surface area (Å²) in [5.74, 6) is 5.04. The van der Waals surface area contributed by atoms with E-state index in [-0.39, 0.29) is 0 Å². The summed E-state index contributed by atoms with van der Waals surface area (Å²) >= 11 is 0. The molecule has 22 heavy (non-hydrogen) atoms. The van der Waals surface area contributed by atoms with Crippen LogP contribution >= 0.6 is 0 Å². The second kappa shape index (κ2) is 12.0. The van der Waals surface area contributed by atoms with E-state index in [0.29, 0.717) is 5.56 Å². The highest BCUT2D eigenvalue weighted by Crippen LogP contribution is 2.02. The molecule has 0 aliphatic heterocycles. The maximum Gasteiger partial charge on any atom is 0.150 e. The summed E-state index contributed by atoms with van der Waals surface area (Å²) in [4.78, 5) is 10.2. The van der Waals surface area contributed by atoms with Gasteiger partial charge >= 0.3 is 0 Å². The summed E-state index contributed by atoms with van der Waals surface area (Å²) in [6, 6.07) is 14.9.